The first kappa shape index (κ1) is 14.2. The zero-order chi connectivity index (χ0) is 15.6. The minimum Gasteiger partial charge on any atom is -0.366 e. The number of aromatic nitrogens is 3. The molecule has 21 heavy (non-hydrogen) atoms. The van der Waals surface area contributed by atoms with E-state index in [0.717, 1.165) is 0 Å². The highest BCUT2D eigenvalue weighted by Crippen LogP contribution is 2.15. The molecule has 108 valence electrons. The quantitative estimate of drug-likeness (QED) is 0.600. The molecule has 0 unspecified atom stereocenters. The summed E-state index contributed by atoms with van der Waals surface area (Å²) >= 11 is 0. The SMILES string of the molecule is Cc1nc(C(=O)Nc2cc(C(N)=O)cc(C(N)=O)c2)n[nH]1. The zero-order valence-electron chi connectivity index (χ0n) is 11.0. The number of nitrogens with zero attached hydrogens (tertiary/aromatic N) is 2. The molecule has 0 saturated carbocycles. The van der Waals surface area contributed by atoms with Crippen LogP contribution in [0.25, 0.3) is 0 Å². The standard InChI is InChI=1S/C12H12N6O3/c1-5-15-11(18-17-5)12(21)16-8-3-6(9(13)19)2-7(4-8)10(14)20/h2-4H,1H3,(H2,13,19)(H2,14,20)(H,16,21)(H,15,17,18). The number of carbonyl (C=O) groups is 3. The Kier molecular flexibility index (Phi) is 3.65. The van der Waals surface area contributed by atoms with Gasteiger partial charge >= 0.3 is 0 Å². The molecule has 1 aromatic heterocycles. The van der Waals surface area contributed by atoms with E-state index >= 15 is 0 Å². The number of rotatable bonds is 4. The maximum atomic E-state index is 11.9. The summed E-state index contributed by atoms with van der Waals surface area (Å²) < 4.78 is 0. The predicted molar refractivity (Wildman–Crippen MR) is 72.6 cm³/mol. The summed E-state index contributed by atoms with van der Waals surface area (Å²) in [5.41, 5.74) is 10.6. The van der Waals surface area contributed by atoms with E-state index in [-0.39, 0.29) is 22.6 Å². The Balaban J connectivity index is 2.32. The second-order valence-electron chi connectivity index (χ2n) is 4.23. The lowest BCUT2D eigenvalue weighted by Gasteiger charge is -2.06. The highest BCUT2D eigenvalue weighted by atomic mass is 16.2. The van der Waals surface area contributed by atoms with Crippen molar-refractivity contribution in [2.45, 2.75) is 6.92 Å². The average molecular weight is 288 g/mol. The van der Waals surface area contributed by atoms with Crippen LogP contribution < -0.4 is 16.8 Å². The van der Waals surface area contributed by atoms with Gasteiger partial charge in [-0.2, -0.15) is 0 Å². The van der Waals surface area contributed by atoms with E-state index in [1.807, 2.05) is 0 Å². The van der Waals surface area contributed by atoms with Crippen molar-refractivity contribution < 1.29 is 14.4 Å². The Bertz CT molecular complexity index is 704. The van der Waals surface area contributed by atoms with E-state index in [0.29, 0.717) is 5.82 Å². The minimum atomic E-state index is -0.748. The molecular formula is C12H12N6O3. The van der Waals surface area contributed by atoms with E-state index in [1.165, 1.54) is 18.2 Å². The molecule has 0 atom stereocenters. The van der Waals surface area contributed by atoms with Gasteiger partial charge in [-0.1, -0.05) is 0 Å². The topological polar surface area (TPSA) is 157 Å². The number of benzene rings is 1. The van der Waals surface area contributed by atoms with Crippen LogP contribution in [0, 0.1) is 6.92 Å². The fourth-order valence-corrected chi connectivity index (χ4v) is 1.62. The molecule has 9 heteroatoms. The Labute approximate surface area is 118 Å². The maximum Gasteiger partial charge on any atom is 0.295 e. The number of amides is 3. The van der Waals surface area contributed by atoms with Crippen molar-refractivity contribution in [3.8, 4) is 0 Å². The Hall–Kier alpha value is -3.23. The molecule has 1 heterocycles. The number of hydrogen-bond acceptors (Lipinski definition) is 5. The van der Waals surface area contributed by atoms with Gasteiger partial charge in [-0.15, -0.1) is 5.10 Å². The fourth-order valence-electron chi connectivity index (χ4n) is 1.62. The van der Waals surface area contributed by atoms with Gasteiger partial charge in [0.05, 0.1) is 0 Å². The van der Waals surface area contributed by atoms with E-state index in [9.17, 15) is 14.4 Å². The fraction of sp³-hybridized carbons (Fsp3) is 0.0833. The molecule has 0 fully saturated rings. The van der Waals surface area contributed by atoms with Crippen LogP contribution in [0.5, 0.6) is 0 Å². The van der Waals surface area contributed by atoms with Gasteiger partial charge in [-0.3, -0.25) is 19.5 Å². The summed E-state index contributed by atoms with van der Waals surface area (Å²) in [6.07, 6.45) is 0. The monoisotopic (exact) mass is 288 g/mol. The van der Waals surface area contributed by atoms with Crippen LogP contribution in [0.1, 0.15) is 37.2 Å². The van der Waals surface area contributed by atoms with Crippen molar-refractivity contribution in [1.82, 2.24) is 15.2 Å². The van der Waals surface area contributed by atoms with Crippen LogP contribution in [-0.4, -0.2) is 32.9 Å². The third kappa shape index (κ3) is 3.21. The zero-order valence-corrected chi connectivity index (χ0v) is 11.0. The molecule has 2 aromatic rings. The molecule has 0 saturated heterocycles. The lowest BCUT2D eigenvalue weighted by molar-refractivity contribution is 0.0991. The summed E-state index contributed by atoms with van der Waals surface area (Å²) in [5.74, 6) is -1.69. The number of nitrogens with one attached hydrogen (secondary N) is 2. The Morgan fingerprint density at radius 3 is 2.10 bits per heavy atom. The lowest BCUT2D eigenvalue weighted by atomic mass is 10.1. The first-order chi connectivity index (χ1) is 9.86. The molecule has 1 aromatic carbocycles. The van der Waals surface area contributed by atoms with E-state index < -0.39 is 17.7 Å². The van der Waals surface area contributed by atoms with Gasteiger partial charge in [0.25, 0.3) is 5.91 Å². The number of hydrogen-bond donors (Lipinski definition) is 4. The average Bonchev–Trinajstić information content (AvgIpc) is 2.85. The summed E-state index contributed by atoms with van der Waals surface area (Å²) in [7, 11) is 0. The van der Waals surface area contributed by atoms with Crippen LogP contribution in [-0.2, 0) is 0 Å². The molecule has 0 radical (unpaired) electrons. The normalized spacial score (nSPS) is 10.1. The number of anilines is 1. The summed E-state index contributed by atoms with van der Waals surface area (Å²) in [6.45, 7) is 1.64. The van der Waals surface area contributed by atoms with Crippen LogP contribution in [0.15, 0.2) is 18.2 Å². The molecule has 3 amide bonds. The van der Waals surface area contributed by atoms with Crippen molar-refractivity contribution in [1.29, 1.82) is 0 Å². The van der Waals surface area contributed by atoms with Gasteiger partial charge in [0.15, 0.2) is 0 Å². The highest BCUT2D eigenvalue weighted by Gasteiger charge is 2.14. The van der Waals surface area contributed by atoms with Gasteiger partial charge in [-0.25, -0.2) is 4.98 Å². The highest BCUT2D eigenvalue weighted by molar-refractivity contribution is 6.04. The molecule has 0 aliphatic heterocycles. The molecule has 2 rings (SSSR count). The molecule has 9 nitrogen and oxygen atoms in total. The predicted octanol–water partition coefficient (Wildman–Crippen LogP) is -0.437. The summed E-state index contributed by atoms with van der Waals surface area (Å²) in [6, 6.07) is 3.90. The van der Waals surface area contributed by atoms with Crippen LogP contribution >= 0.6 is 0 Å². The van der Waals surface area contributed by atoms with Crippen molar-refractivity contribution in [2.75, 3.05) is 5.32 Å². The number of aromatic amines is 1. The first-order valence-electron chi connectivity index (χ1n) is 5.82. The largest absolute Gasteiger partial charge is 0.366 e. The van der Waals surface area contributed by atoms with Crippen LogP contribution in [0.4, 0.5) is 5.69 Å². The third-order valence-corrected chi connectivity index (χ3v) is 2.56. The second-order valence-corrected chi connectivity index (χ2v) is 4.23. The molecule has 6 N–H and O–H groups in total. The third-order valence-electron chi connectivity index (χ3n) is 2.56. The second kappa shape index (κ2) is 5.41. The van der Waals surface area contributed by atoms with Crippen molar-refractivity contribution in [2.24, 2.45) is 11.5 Å². The Morgan fingerprint density at radius 2 is 1.67 bits per heavy atom. The first-order valence-corrected chi connectivity index (χ1v) is 5.82. The van der Waals surface area contributed by atoms with Gasteiger partial charge in [0, 0.05) is 16.8 Å². The van der Waals surface area contributed by atoms with E-state index in [4.69, 9.17) is 11.5 Å². The molecular weight excluding hydrogens is 276 g/mol. The molecule has 0 bridgehead atoms. The summed E-state index contributed by atoms with van der Waals surface area (Å²) in [5, 5.41) is 8.68. The number of carbonyl (C=O) groups excluding carboxylic acids is 3. The maximum absolute atomic E-state index is 11.9. The molecule has 0 aliphatic rings. The summed E-state index contributed by atoms with van der Waals surface area (Å²) in [4.78, 5) is 38.2. The van der Waals surface area contributed by atoms with Gasteiger partial charge in [-0.05, 0) is 25.1 Å². The lowest BCUT2D eigenvalue weighted by Crippen LogP contribution is -2.18. The van der Waals surface area contributed by atoms with E-state index in [2.05, 4.69) is 20.5 Å². The molecule has 0 spiro atoms. The van der Waals surface area contributed by atoms with E-state index in [1.54, 1.807) is 6.92 Å². The van der Waals surface area contributed by atoms with Crippen LogP contribution in [0.3, 0.4) is 0 Å². The smallest absolute Gasteiger partial charge is 0.295 e. The number of aryl methyl sites for hydroxylation is 1. The number of nitrogens with two attached hydrogens (primary N) is 2. The van der Waals surface area contributed by atoms with Gasteiger partial charge in [0.1, 0.15) is 5.82 Å². The van der Waals surface area contributed by atoms with Gasteiger partial charge in [0.2, 0.25) is 17.6 Å². The van der Waals surface area contributed by atoms with Gasteiger partial charge < -0.3 is 16.8 Å². The van der Waals surface area contributed by atoms with Crippen molar-refractivity contribution >= 4 is 23.4 Å². The molecule has 0 aliphatic carbocycles. The minimum absolute atomic E-state index is 0.0489. The number of H-pyrrole nitrogens is 1. The van der Waals surface area contributed by atoms with Crippen molar-refractivity contribution in [3.05, 3.63) is 41.0 Å². The van der Waals surface area contributed by atoms with Crippen molar-refractivity contribution in [3.63, 3.8) is 0 Å². The Morgan fingerprint density at radius 1 is 1.10 bits per heavy atom. The number of primary amides is 2. The van der Waals surface area contributed by atoms with Crippen LogP contribution in [0.2, 0.25) is 0 Å².